The number of unbranched alkanes of at least 4 members (excludes halogenated alkanes) is 14. The summed E-state index contributed by atoms with van der Waals surface area (Å²) in [5, 5.41) is 20.1. The highest BCUT2D eigenvalue weighted by Gasteiger charge is 2.10. The summed E-state index contributed by atoms with van der Waals surface area (Å²) in [6.45, 7) is 2.28. The fourth-order valence-corrected chi connectivity index (χ4v) is 3.79. The van der Waals surface area contributed by atoms with E-state index in [4.69, 9.17) is 4.74 Å². The van der Waals surface area contributed by atoms with Crippen molar-refractivity contribution in [1.29, 1.82) is 0 Å². The normalized spacial score (nSPS) is 12.2. The minimum atomic E-state index is -0.501. The van der Waals surface area contributed by atoms with Crippen LogP contribution in [0, 0.1) is 0 Å². The standard InChI is InChI=1S/C25H44O3/c1-3-4-5-6-7-8-9-10-11-12-13-14-15-16-17-18-23(26)22-19-20-25(28-2)24(27)21-22/h19-21,23,26-27H,3-18H2,1-2H3. The van der Waals surface area contributed by atoms with E-state index < -0.39 is 6.10 Å². The van der Waals surface area contributed by atoms with Gasteiger partial charge in [0.2, 0.25) is 0 Å². The van der Waals surface area contributed by atoms with Crippen LogP contribution >= 0.6 is 0 Å². The first-order valence-corrected chi connectivity index (χ1v) is 11.7. The fourth-order valence-electron chi connectivity index (χ4n) is 3.79. The first-order valence-electron chi connectivity index (χ1n) is 11.7. The van der Waals surface area contributed by atoms with Crippen LogP contribution in [0.1, 0.15) is 121 Å². The lowest BCUT2D eigenvalue weighted by Crippen LogP contribution is -1.98. The van der Waals surface area contributed by atoms with E-state index in [0.717, 1.165) is 18.4 Å². The van der Waals surface area contributed by atoms with Gasteiger partial charge in [-0.05, 0) is 24.1 Å². The first kappa shape index (κ1) is 24.8. The number of ether oxygens (including phenoxy) is 1. The summed E-state index contributed by atoms with van der Waals surface area (Å²) < 4.78 is 5.04. The maximum atomic E-state index is 10.3. The summed E-state index contributed by atoms with van der Waals surface area (Å²) in [5.41, 5.74) is 0.767. The van der Waals surface area contributed by atoms with Gasteiger partial charge in [-0.15, -0.1) is 0 Å². The molecule has 0 aromatic heterocycles. The van der Waals surface area contributed by atoms with E-state index in [1.807, 2.05) is 6.07 Å². The molecule has 3 heteroatoms. The minimum Gasteiger partial charge on any atom is -0.504 e. The molecule has 0 heterocycles. The molecule has 0 aliphatic carbocycles. The van der Waals surface area contributed by atoms with E-state index in [9.17, 15) is 10.2 Å². The summed E-state index contributed by atoms with van der Waals surface area (Å²) in [5.74, 6) is 0.540. The number of phenols is 1. The molecule has 1 rings (SSSR count). The third-order valence-corrected chi connectivity index (χ3v) is 5.67. The highest BCUT2D eigenvalue weighted by Crippen LogP contribution is 2.30. The number of benzene rings is 1. The summed E-state index contributed by atoms with van der Waals surface area (Å²) in [6, 6.07) is 5.14. The third kappa shape index (κ3) is 11.6. The maximum Gasteiger partial charge on any atom is 0.160 e. The van der Waals surface area contributed by atoms with E-state index in [-0.39, 0.29) is 5.75 Å². The molecule has 0 radical (unpaired) electrons. The van der Waals surface area contributed by atoms with Crippen LogP contribution in [0.5, 0.6) is 11.5 Å². The van der Waals surface area contributed by atoms with Crippen LogP contribution in [-0.4, -0.2) is 17.3 Å². The second kappa shape index (κ2) is 16.7. The zero-order valence-electron chi connectivity index (χ0n) is 18.4. The maximum absolute atomic E-state index is 10.3. The van der Waals surface area contributed by atoms with Crippen molar-refractivity contribution in [1.82, 2.24) is 0 Å². The summed E-state index contributed by atoms with van der Waals surface area (Å²) >= 11 is 0. The van der Waals surface area contributed by atoms with Gasteiger partial charge in [0.25, 0.3) is 0 Å². The molecule has 0 bridgehead atoms. The highest BCUT2D eigenvalue weighted by molar-refractivity contribution is 5.42. The quantitative estimate of drug-likeness (QED) is 0.252. The van der Waals surface area contributed by atoms with Crippen LogP contribution in [0.25, 0.3) is 0 Å². The Bertz CT molecular complexity index is 487. The van der Waals surface area contributed by atoms with Gasteiger partial charge in [-0.3, -0.25) is 0 Å². The van der Waals surface area contributed by atoms with Crippen molar-refractivity contribution in [3.8, 4) is 11.5 Å². The molecular formula is C25H44O3. The fraction of sp³-hybridized carbons (Fsp3) is 0.760. The monoisotopic (exact) mass is 392 g/mol. The van der Waals surface area contributed by atoms with Gasteiger partial charge in [0.1, 0.15) is 0 Å². The van der Waals surface area contributed by atoms with E-state index in [2.05, 4.69) is 6.92 Å². The highest BCUT2D eigenvalue weighted by atomic mass is 16.5. The smallest absolute Gasteiger partial charge is 0.160 e. The minimum absolute atomic E-state index is 0.0931. The number of rotatable bonds is 18. The van der Waals surface area contributed by atoms with Gasteiger partial charge < -0.3 is 14.9 Å². The molecule has 0 aliphatic rings. The van der Waals surface area contributed by atoms with Gasteiger partial charge in [0, 0.05) is 0 Å². The molecule has 0 spiro atoms. The second-order valence-corrected chi connectivity index (χ2v) is 8.19. The molecule has 0 saturated carbocycles. The number of aliphatic hydroxyl groups excluding tert-OH is 1. The summed E-state index contributed by atoms with van der Waals surface area (Å²) in [7, 11) is 1.53. The predicted octanol–water partition coefficient (Wildman–Crippen LogP) is 7.70. The van der Waals surface area contributed by atoms with E-state index in [1.54, 1.807) is 12.1 Å². The van der Waals surface area contributed by atoms with E-state index in [0.29, 0.717) is 5.75 Å². The molecule has 28 heavy (non-hydrogen) atoms. The summed E-state index contributed by atoms with van der Waals surface area (Å²) in [6.07, 6.45) is 20.5. The predicted molar refractivity (Wildman–Crippen MR) is 119 cm³/mol. The molecule has 0 saturated heterocycles. The van der Waals surface area contributed by atoms with Crippen molar-refractivity contribution in [3.05, 3.63) is 23.8 Å². The Labute approximate surface area is 173 Å². The van der Waals surface area contributed by atoms with Crippen molar-refractivity contribution >= 4 is 0 Å². The lowest BCUT2D eigenvalue weighted by Gasteiger charge is -2.12. The van der Waals surface area contributed by atoms with Gasteiger partial charge in [-0.25, -0.2) is 0 Å². The number of phenolic OH excluding ortho intramolecular Hbond substituents is 1. The first-order chi connectivity index (χ1) is 13.7. The lowest BCUT2D eigenvalue weighted by atomic mass is 10.0. The summed E-state index contributed by atoms with van der Waals surface area (Å²) in [4.78, 5) is 0. The average Bonchev–Trinajstić information content (AvgIpc) is 2.70. The molecule has 2 N–H and O–H groups in total. The van der Waals surface area contributed by atoms with Gasteiger partial charge in [-0.2, -0.15) is 0 Å². The van der Waals surface area contributed by atoms with Crippen molar-refractivity contribution in [2.45, 2.75) is 116 Å². The Morgan fingerprint density at radius 1 is 0.750 bits per heavy atom. The van der Waals surface area contributed by atoms with Crippen molar-refractivity contribution in [3.63, 3.8) is 0 Å². The Hall–Kier alpha value is -1.22. The van der Waals surface area contributed by atoms with Crippen molar-refractivity contribution < 1.29 is 14.9 Å². The van der Waals surface area contributed by atoms with Gasteiger partial charge >= 0.3 is 0 Å². The largest absolute Gasteiger partial charge is 0.504 e. The molecule has 162 valence electrons. The van der Waals surface area contributed by atoms with Crippen LogP contribution in [0.3, 0.4) is 0 Å². The number of aliphatic hydroxyl groups is 1. The van der Waals surface area contributed by atoms with Crippen LogP contribution in [0.15, 0.2) is 18.2 Å². The zero-order valence-corrected chi connectivity index (χ0v) is 18.4. The molecule has 1 atom stereocenters. The van der Waals surface area contributed by atoms with Crippen molar-refractivity contribution in [2.24, 2.45) is 0 Å². The number of aromatic hydroxyl groups is 1. The molecular weight excluding hydrogens is 348 g/mol. The Morgan fingerprint density at radius 3 is 1.64 bits per heavy atom. The van der Waals surface area contributed by atoms with Crippen molar-refractivity contribution in [2.75, 3.05) is 7.11 Å². The number of hydrogen-bond acceptors (Lipinski definition) is 3. The second-order valence-electron chi connectivity index (χ2n) is 8.19. The van der Waals surface area contributed by atoms with Gasteiger partial charge in [0.15, 0.2) is 11.5 Å². The molecule has 1 aromatic rings. The molecule has 0 amide bonds. The van der Waals surface area contributed by atoms with E-state index >= 15 is 0 Å². The molecule has 0 aliphatic heterocycles. The Morgan fingerprint density at radius 2 is 1.21 bits per heavy atom. The SMILES string of the molecule is CCCCCCCCCCCCCCCCCC(O)c1ccc(OC)c(O)c1. The Kier molecular flexibility index (Phi) is 14.8. The van der Waals surface area contributed by atoms with Gasteiger partial charge in [-0.1, -0.05) is 109 Å². The van der Waals surface area contributed by atoms with E-state index in [1.165, 1.54) is 97.0 Å². The zero-order chi connectivity index (χ0) is 20.5. The molecule has 3 nitrogen and oxygen atoms in total. The van der Waals surface area contributed by atoms with Crippen LogP contribution in [-0.2, 0) is 0 Å². The molecule has 1 unspecified atom stereocenters. The number of methoxy groups -OCH3 is 1. The average molecular weight is 393 g/mol. The Balaban J connectivity index is 1.90. The lowest BCUT2D eigenvalue weighted by molar-refractivity contribution is 0.163. The van der Waals surface area contributed by atoms with Crippen LogP contribution < -0.4 is 4.74 Å². The third-order valence-electron chi connectivity index (χ3n) is 5.67. The number of hydrogen-bond donors (Lipinski definition) is 2. The van der Waals surface area contributed by atoms with Crippen LogP contribution in [0.4, 0.5) is 0 Å². The molecule has 0 fully saturated rings. The molecule has 1 aromatic carbocycles. The van der Waals surface area contributed by atoms with Gasteiger partial charge in [0.05, 0.1) is 13.2 Å². The van der Waals surface area contributed by atoms with Crippen LogP contribution in [0.2, 0.25) is 0 Å². The topological polar surface area (TPSA) is 49.7 Å².